The maximum atomic E-state index is 14.0. The summed E-state index contributed by atoms with van der Waals surface area (Å²) in [5.74, 6) is -0.326. The number of anilines is 5. The fraction of sp³-hybridized carbons (Fsp3) is 0.0370. The molecule has 0 spiro atoms. The maximum absolute atomic E-state index is 14.0. The van der Waals surface area contributed by atoms with Crippen molar-refractivity contribution in [3.8, 4) is 33.4 Å². The van der Waals surface area contributed by atoms with Crippen LogP contribution in [0.2, 0.25) is 0 Å². The summed E-state index contributed by atoms with van der Waals surface area (Å²) in [6.07, 6.45) is 7.55. The van der Waals surface area contributed by atoms with Crippen molar-refractivity contribution in [3.05, 3.63) is 247 Å². The van der Waals surface area contributed by atoms with E-state index in [1.165, 1.54) is 29.8 Å². The minimum atomic E-state index is -0.267. The maximum Gasteiger partial charge on any atom is 0.123 e. The van der Waals surface area contributed by atoms with Gasteiger partial charge in [-0.25, -0.2) is 8.78 Å². The monoisotopic (exact) mass is 754 g/mol. The zero-order valence-corrected chi connectivity index (χ0v) is 31.8. The van der Waals surface area contributed by atoms with E-state index in [1.807, 2.05) is 60.7 Å². The first-order chi connectivity index (χ1) is 28.6. The van der Waals surface area contributed by atoms with E-state index in [1.54, 1.807) is 0 Å². The molecule has 1 unspecified atom stereocenters. The Morgan fingerprint density at radius 1 is 0.362 bits per heavy atom. The smallest absolute Gasteiger partial charge is 0.123 e. The zero-order chi connectivity index (χ0) is 39.3. The molecule has 280 valence electrons. The number of allylic oxidation sites excluding steroid dienone is 3. The number of rotatable bonds is 10. The lowest BCUT2D eigenvalue weighted by atomic mass is 9.89. The highest BCUT2D eigenvalue weighted by Gasteiger charge is 2.19. The van der Waals surface area contributed by atoms with Crippen LogP contribution in [0, 0.1) is 11.6 Å². The minimum absolute atomic E-state index is 0.200. The quantitative estimate of drug-likeness (QED) is 0.137. The van der Waals surface area contributed by atoms with Crippen LogP contribution in [0.1, 0.15) is 17.9 Å². The fourth-order valence-corrected chi connectivity index (χ4v) is 7.72. The van der Waals surface area contributed by atoms with E-state index in [0.29, 0.717) is 0 Å². The molecule has 0 saturated heterocycles. The van der Waals surface area contributed by atoms with Crippen LogP contribution in [0.15, 0.2) is 230 Å². The number of nitrogens with zero attached hydrogens (tertiary/aromatic N) is 2. The molecule has 1 aliphatic rings. The summed E-state index contributed by atoms with van der Waals surface area (Å²) in [7, 11) is 0. The SMILES string of the molecule is Fc1ccc(N(C2=CCC(c3cccc(-c4ccc(N(c5ccc(F)cc5)c5ccc(-c6ccccc6)cc5)cc4)c3)C=C2)c2ccc(-c3ccccc3)cc2)cc1. The second-order valence-corrected chi connectivity index (χ2v) is 14.5. The summed E-state index contributed by atoms with van der Waals surface area (Å²) in [5.41, 5.74) is 13.9. The molecule has 9 rings (SSSR count). The third kappa shape index (κ3) is 7.86. The lowest BCUT2D eigenvalue weighted by molar-refractivity contribution is 0.627. The summed E-state index contributed by atoms with van der Waals surface area (Å²) in [5, 5.41) is 0. The van der Waals surface area contributed by atoms with E-state index in [4.69, 9.17) is 0 Å². The molecule has 2 nitrogen and oxygen atoms in total. The molecule has 0 bridgehead atoms. The Labute approximate surface area is 338 Å². The normalized spacial score (nSPS) is 13.5. The zero-order valence-electron chi connectivity index (χ0n) is 31.8. The van der Waals surface area contributed by atoms with Gasteiger partial charge in [0.05, 0.1) is 0 Å². The molecule has 0 heterocycles. The average Bonchev–Trinajstić information content (AvgIpc) is 3.29. The van der Waals surface area contributed by atoms with Gasteiger partial charge in [-0.15, -0.1) is 0 Å². The molecule has 0 fully saturated rings. The Morgan fingerprint density at radius 2 is 0.741 bits per heavy atom. The van der Waals surface area contributed by atoms with Crippen molar-refractivity contribution in [1.29, 1.82) is 0 Å². The van der Waals surface area contributed by atoms with Crippen LogP contribution < -0.4 is 9.80 Å². The summed E-state index contributed by atoms with van der Waals surface area (Å²) in [4.78, 5) is 4.34. The van der Waals surface area contributed by atoms with E-state index in [2.05, 4.69) is 149 Å². The number of hydrogen-bond donors (Lipinski definition) is 0. The predicted molar refractivity (Wildman–Crippen MR) is 237 cm³/mol. The van der Waals surface area contributed by atoms with Crippen molar-refractivity contribution in [3.63, 3.8) is 0 Å². The Balaban J connectivity index is 0.956. The first-order valence-electron chi connectivity index (χ1n) is 19.6. The van der Waals surface area contributed by atoms with Gasteiger partial charge in [0, 0.05) is 40.1 Å². The molecule has 0 amide bonds. The van der Waals surface area contributed by atoms with Crippen molar-refractivity contribution in [2.24, 2.45) is 0 Å². The molecule has 0 N–H and O–H groups in total. The van der Waals surface area contributed by atoms with E-state index in [9.17, 15) is 8.78 Å². The van der Waals surface area contributed by atoms with E-state index >= 15 is 0 Å². The van der Waals surface area contributed by atoms with Crippen molar-refractivity contribution in [2.45, 2.75) is 12.3 Å². The van der Waals surface area contributed by atoms with Crippen molar-refractivity contribution >= 4 is 28.4 Å². The Hall–Kier alpha value is -7.30. The van der Waals surface area contributed by atoms with Crippen molar-refractivity contribution < 1.29 is 8.78 Å². The molecule has 0 aliphatic heterocycles. The van der Waals surface area contributed by atoms with E-state index in [-0.39, 0.29) is 17.6 Å². The summed E-state index contributed by atoms with van der Waals surface area (Å²) in [6, 6.07) is 68.3. The highest BCUT2D eigenvalue weighted by atomic mass is 19.1. The minimum Gasteiger partial charge on any atom is -0.311 e. The third-order valence-electron chi connectivity index (χ3n) is 10.7. The molecule has 0 radical (unpaired) electrons. The molecule has 8 aromatic rings. The van der Waals surface area contributed by atoms with Gasteiger partial charge >= 0.3 is 0 Å². The van der Waals surface area contributed by atoms with Gasteiger partial charge in [0.2, 0.25) is 0 Å². The number of halogens is 2. The molecule has 0 aromatic heterocycles. The highest BCUT2D eigenvalue weighted by Crippen LogP contribution is 2.39. The predicted octanol–water partition coefficient (Wildman–Crippen LogP) is 15.2. The Bertz CT molecular complexity index is 2670. The molecule has 58 heavy (non-hydrogen) atoms. The Morgan fingerprint density at radius 3 is 1.17 bits per heavy atom. The van der Waals surface area contributed by atoms with Crippen LogP contribution in [0.3, 0.4) is 0 Å². The molecule has 1 aliphatic carbocycles. The number of benzene rings is 8. The van der Waals surface area contributed by atoms with Gasteiger partial charge in [-0.2, -0.15) is 0 Å². The van der Waals surface area contributed by atoms with Crippen LogP contribution in [-0.2, 0) is 0 Å². The van der Waals surface area contributed by atoms with Gasteiger partial charge in [0.25, 0.3) is 0 Å². The van der Waals surface area contributed by atoms with Gasteiger partial charge in [-0.05, 0) is 136 Å². The molecule has 0 saturated carbocycles. The Kier molecular flexibility index (Phi) is 10.3. The van der Waals surface area contributed by atoms with Gasteiger partial charge in [0.1, 0.15) is 11.6 Å². The molecular formula is C54H40F2N2. The number of hydrogen-bond acceptors (Lipinski definition) is 2. The first-order valence-corrected chi connectivity index (χ1v) is 19.6. The van der Waals surface area contributed by atoms with Crippen molar-refractivity contribution in [2.75, 3.05) is 9.80 Å². The second-order valence-electron chi connectivity index (χ2n) is 14.5. The van der Waals surface area contributed by atoms with Gasteiger partial charge in [-0.1, -0.05) is 133 Å². The van der Waals surface area contributed by atoms with Crippen LogP contribution in [0.4, 0.5) is 37.2 Å². The van der Waals surface area contributed by atoms with Gasteiger partial charge in [-0.3, -0.25) is 0 Å². The lowest BCUT2D eigenvalue weighted by Crippen LogP contribution is -2.17. The largest absolute Gasteiger partial charge is 0.311 e. The topological polar surface area (TPSA) is 6.48 Å². The summed E-state index contributed by atoms with van der Waals surface area (Å²) >= 11 is 0. The second kappa shape index (κ2) is 16.4. The van der Waals surface area contributed by atoms with Crippen LogP contribution >= 0.6 is 0 Å². The van der Waals surface area contributed by atoms with Gasteiger partial charge < -0.3 is 9.80 Å². The van der Waals surface area contributed by atoms with E-state index in [0.717, 1.165) is 73.9 Å². The molecule has 8 aromatic carbocycles. The summed E-state index contributed by atoms with van der Waals surface area (Å²) in [6.45, 7) is 0. The van der Waals surface area contributed by atoms with Crippen LogP contribution in [-0.4, -0.2) is 0 Å². The van der Waals surface area contributed by atoms with E-state index < -0.39 is 0 Å². The average molecular weight is 755 g/mol. The van der Waals surface area contributed by atoms with Crippen LogP contribution in [0.25, 0.3) is 33.4 Å². The molecule has 4 heteroatoms. The summed E-state index contributed by atoms with van der Waals surface area (Å²) < 4.78 is 28.1. The molecular weight excluding hydrogens is 715 g/mol. The first kappa shape index (κ1) is 36.3. The standard InChI is InChI=1S/C54H40F2N2/c55-47-22-34-53(35-23-47)57(49-26-14-41(15-27-49)39-8-3-1-4-9-39)51-30-18-43(19-31-51)45-12-7-13-46(38-45)44-20-32-52(33-21-44)58(54-36-24-48(56)25-37-54)50-28-16-42(17-29-50)40-10-5-2-6-11-40/h1-20,22-38,44H,21H2. The highest BCUT2D eigenvalue weighted by molar-refractivity contribution is 5.80. The van der Waals surface area contributed by atoms with Crippen molar-refractivity contribution in [1.82, 2.24) is 0 Å². The fourth-order valence-electron chi connectivity index (χ4n) is 7.72. The third-order valence-corrected chi connectivity index (χ3v) is 10.7. The van der Waals surface area contributed by atoms with Crippen LogP contribution in [0.5, 0.6) is 0 Å². The van der Waals surface area contributed by atoms with Gasteiger partial charge in [0.15, 0.2) is 0 Å². The lowest BCUT2D eigenvalue weighted by Gasteiger charge is -2.29. The molecule has 1 atom stereocenters.